The summed E-state index contributed by atoms with van der Waals surface area (Å²) in [5, 5.41) is 0. The summed E-state index contributed by atoms with van der Waals surface area (Å²) >= 11 is 0. The number of hydrogen-bond donors (Lipinski definition) is 2. The summed E-state index contributed by atoms with van der Waals surface area (Å²) in [6, 6.07) is 0. The standard InChI is InChI=1S/C6H15BN2O/c1-5(2,8)4(10)6(3,7)9/h7-9H2,1-3H3. The molecule has 0 fully saturated rings. The highest BCUT2D eigenvalue weighted by molar-refractivity contribution is 6.29. The fraction of sp³-hybridized carbons (Fsp3) is 0.833. The number of carbonyl (C=O) groups is 1. The average molecular weight is 142 g/mol. The van der Waals surface area contributed by atoms with Gasteiger partial charge < -0.3 is 11.5 Å². The third-order valence-corrected chi connectivity index (χ3v) is 1.17. The zero-order chi connectivity index (χ0) is 8.58. The van der Waals surface area contributed by atoms with Crippen LogP contribution in [-0.4, -0.2) is 24.6 Å². The van der Waals surface area contributed by atoms with Gasteiger partial charge in [0, 0.05) is 5.44 Å². The van der Waals surface area contributed by atoms with Crippen LogP contribution in [0.1, 0.15) is 20.8 Å². The molecule has 0 aliphatic carbocycles. The normalized spacial score (nSPS) is 18.1. The van der Waals surface area contributed by atoms with E-state index in [1.807, 2.05) is 0 Å². The summed E-state index contributed by atoms with van der Waals surface area (Å²) in [5.74, 6) is -0.125. The maximum atomic E-state index is 11.2. The summed E-state index contributed by atoms with van der Waals surface area (Å²) in [4.78, 5) is 11.2. The molecule has 0 bridgehead atoms. The molecule has 0 aliphatic heterocycles. The van der Waals surface area contributed by atoms with Gasteiger partial charge in [0.2, 0.25) is 0 Å². The predicted molar refractivity (Wildman–Crippen MR) is 44.4 cm³/mol. The van der Waals surface area contributed by atoms with E-state index in [0.29, 0.717) is 0 Å². The maximum Gasteiger partial charge on any atom is 0.162 e. The molecule has 4 heteroatoms. The molecule has 0 aromatic carbocycles. The summed E-state index contributed by atoms with van der Waals surface area (Å²) in [6.07, 6.45) is 0. The lowest BCUT2D eigenvalue weighted by atomic mass is 9.71. The van der Waals surface area contributed by atoms with Crippen LogP contribution in [-0.2, 0) is 4.79 Å². The number of ketones is 1. The second-order valence-electron chi connectivity index (χ2n) is 3.77. The minimum absolute atomic E-state index is 0.125. The minimum Gasteiger partial charge on any atom is -0.326 e. The van der Waals surface area contributed by atoms with Gasteiger partial charge in [-0.3, -0.25) is 4.79 Å². The molecule has 4 N–H and O–H groups in total. The molecule has 0 saturated heterocycles. The van der Waals surface area contributed by atoms with Gasteiger partial charge in [-0.2, -0.15) is 0 Å². The van der Waals surface area contributed by atoms with Crippen molar-refractivity contribution < 1.29 is 4.79 Å². The Hall–Kier alpha value is -0.345. The first-order valence-corrected chi connectivity index (χ1v) is 3.28. The Morgan fingerprint density at radius 3 is 1.60 bits per heavy atom. The molecule has 58 valence electrons. The van der Waals surface area contributed by atoms with E-state index in [1.165, 1.54) is 0 Å². The molecule has 10 heavy (non-hydrogen) atoms. The molecule has 0 saturated carbocycles. The molecule has 0 spiro atoms. The van der Waals surface area contributed by atoms with Gasteiger partial charge in [0.25, 0.3) is 0 Å². The van der Waals surface area contributed by atoms with Crippen molar-refractivity contribution in [3.63, 3.8) is 0 Å². The van der Waals surface area contributed by atoms with E-state index in [1.54, 1.807) is 28.6 Å². The van der Waals surface area contributed by atoms with Gasteiger partial charge in [0.15, 0.2) is 5.78 Å². The monoisotopic (exact) mass is 142 g/mol. The van der Waals surface area contributed by atoms with Crippen molar-refractivity contribution in [1.82, 2.24) is 0 Å². The number of rotatable bonds is 2. The summed E-state index contributed by atoms with van der Waals surface area (Å²) < 4.78 is 0. The third kappa shape index (κ3) is 2.50. The summed E-state index contributed by atoms with van der Waals surface area (Å²) in [7, 11) is 1.66. The SMILES string of the molecule is BC(C)(N)C(=O)C(C)(C)N. The molecular weight excluding hydrogens is 127 g/mol. The molecule has 0 aromatic heterocycles. The van der Waals surface area contributed by atoms with E-state index >= 15 is 0 Å². The van der Waals surface area contributed by atoms with E-state index in [2.05, 4.69) is 0 Å². The number of nitrogens with two attached hydrogens (primary N) is 2. The van der Waals surface area contributed by atoms with E-state index in [4.69, 9.17) is 11.5 Å². The lowest BCUT2D eigenvalue weighted by molar-refractivity contribution is -0.125. The fourth-order valence-electron chi connectivity index (χ4n) is 0.830. The van der Waals surface area contributed by atoms with Crippen LogP contribution in [0, 0.1) is 0 Å². The van der Waals surface area contributed by atoms with Crippen LogP contribution in [0.25, 0.3) is 0 Å². The van der Waals surface area contributed by atoms with Gasteiger partial charge in [0.05, 0.1) is 5.54 Å². The Balaban J connectivity index is 4.40. The maximum absolute atomic E-state index is 11.2. The van der Waals surface area contributed by atoms with Crippen molar-refractivity contribution in [1.29, 1.82) is 0 Å². The van der Waals surface area contributed by atoms with Crippen molar-refractivity contribution in [2.45, 2.75) is 31.7 Å². The lowest BCUT2D eigenvalue weighted by Crippen LogP contribution is -2.58. The van der Waals surface area contributed by atoms with Crippen LogP contribution >= 0.6 is 0 Å². The van der Waals surface area contributed by atoms with Crippen molar-refractivity contribution in [2.75, 3.05) is 0 Å². The quantitative estimate of drug-likeness (QED) is 0.466. The van der Waals surface area contributed by atoms with Crippen LogP contribution in [0.2, 0.25) is 0 Å². The zero-order valence-corrected chi connectivity index (χ0v) is 7.06. The van der Waals surface area contributed by atoms with Crippen LogP contribution < -0.4 is 11.5 Å². The van der Waals surface area contributed by atoms with Crippen LogP contribution in [0.3, 0.4) is 0 Å². The summed E-state index contributed by atoms with van der Waals surface area (Å²) in [5.41, 5.74) is 9.43. The zero-order valence-electron chi connectivity index (χ0n) is 7.06. The third-order valence-electron chi connectivity index (χ3n) is 1.17. The average Bonchev–Trinajstić information content (AvgIpc) is 1.59. The molecule has 1 unspecified atom stereocenters. The largest absolute Gasteiger partial charge is 0.326 e. The molecule has 0 rings (SSSR count). The Morgan fingerprint density at radius 1 is 1.30 bits per heavy atom. The van der Waals surface area contributed by atoms with Gasteiger partial charge in [-0.15, -0.1) is 0 Å². The van der Waals surface area contributed by atoms with Gasteiger partial charge in [-0.1, -0.05) is 0 Å². The first-order valence-electron chi connectivity index (χ1n) is 3.28. The van der Waals surface area contributed by atoms with Crippen molar-refractivity contribution in [3.05, 3.63) is 0 Å². The highest BCUT2D eigenvalue weighted by atomic mass is 16.1. The van der Waals surface area contributed by atoms with E-state index in [0.717, 1.165) is 0 Å². The molecule has 3 nitrogen and oxygen atoms in total. The minimum atomic E-state index is -0.821. The Morgan fingerprint density at radius 2 is 1.60 bits per heavy atom. The van der Waals surface area contributed by atoms with Gasteiger partial charge in [-0.05, 0) is 20.8 Å². The van der Waals surface area contributed by atoms with Crippen molar-refractivity contribution in [3.8, 4) is 0 Å². The number of Topliss-reactive ketones (excluding diaryl/α,β-unsaturated/α-hetero) is 1. The molecule has 0 amide bonds. The Bertz CT molecular complexity index is 127. The van der Waals surface area contributed by atoms with E-state index < -0.39 is 11.0 Å². The van der Waals surface area contributed by atoms with Gasteiger partial charge >= 0.3 is 0 Å². The van der Waals surface area contributed by atoms with Crippen molar-refractivity contribution >= 4 is 13.6 Å². The molecule has 0 heterocycles. The predicted octanol–water partition coefficient (Wildman–Crippen LogP) is -1.40. The highest BCUT2D eigenvalue weighted by Gasteiger charge is 2.32. The lowest BCUT2D eigenvalue weighted by Gasteiger charge is -2.26. The fourth-order valence-corrected chi connectivity index (χ4v) is 0.830. The Labute approximate surface area is 62.6 Å². The number of carbonyl (C=O) groups excluding carboxylic acids is 1. The van der Waals surface area contributed by atoms with Gasteiger partial charge in [0.1, 0.15) is 7.85 Å². The first kappa shape index (κ1) is 9.65. The van der Waals surface area contributed by atoms with Crippen LogP contribution in [0.4, 0.5) is 0 Å². The first-order chi connectivity index (χ1) is 4.15. The smallest absolute Gasteiger partial charge is 0.162 e. The second kappa shape index (κ2) is 2.36. The van der Waals surface area contributed by atoms with Crippen LogP contribution in [0.5, 0.6) is 0 Å². The molecule has 1 atom stereocenters. The number of hydrogen-bond acceptors (Lipinski definition) is 3. The second-order valence-corrected chi connectivity index (χ2v) is 3.77. The van der Waals surface area contributed by atoms with E-state index in [-0.39, 0.29) is 5.78 Å². The topological polar surface area (TPSA) is 69.1 Å². The van der Waals surface area contributed by atoms with Crippen LogP contribution in [0.15, 0.2) is 0 Å². The summed E-state index contributed by atoms with van der Waals surface area (Å²) in [6.45, 7) is 4.97. The molecule has 0 aliphatic rings. The van der Waals surface area contributed by atoms with Crippen molar-refractivity contribution in [2.24, 2.45) is 11.5 Å². The molecule has 0 radical (unpaired) electrons. The molecular formula is C6H15BN2O. The van der Waals surface area contributed by atoms with E-state index in [9.17, 15) is 4.79 Å². The van der Waals surface area contributed by atoms with Gasteiger partial charge in [-0.25, -0.2) is 0 Å². The highest BCUT2D eigenvalue weighted by Crippen LogP contribution is 2.06. The Kier molecular flexibility index (Phi) is 2.28. The molecule has 0 aromatic rings.